The second-order valence-electron chi connectivity index (χ2n) is 12.2. The van der Waals surface area contributed by atoms with Gasteiger partial charge in [-0.2, -0.15) is 63.8 Å². The number of alkyl halides is 12. The predicted molar refractivity (Wildman–Crippen MR) is 167 cm³/mol. The van der Waals surface area contributed by atoms with Gasteiger partial charge in [-0.05, 0) is 47.5 Å². The Morgan fingerprint density at radius 2 is 0.731 bits per heavy atom. The van der Waals surface area contributed by atoms with Crippen LogP contribution in [0.5, 0.6) is 0 Å². The van der Waals surface area contributed by atoms with E-state index in [4.69, 9.17) is 0 Å². The Kier molecular flexibility index (Phi) is 11.4. The number of halogens is 12. The average Bonchev–Trinajstić information content (AvgIpc) is 3.51. The quantitative estimate of drug-likeness (QED) is 0.100. The van der Waals surface area contributed by atoms with Crippen molar-refractivity contribution < 1.29 is 90.4 Å². The summed E-state index contributed by atoms with van der Waals surface area (Å²) < 4.78 is 165. The van der Waals surface area contributed by atoms with Crippen molar-refractivity contribution in [3.8, 4) is 22.3 Å². The van der Waals surface area contributed by atoms with Crippen LogP contribution in [0.1, 0.15) is 44.5 Å². The normalized spacial score (nSPS) is 12.7. The fourth-order valence-corrected chi connectivity index (χ4v) is 6.69. The third kappa shape index (κ3) is 8.01. The smallest absolute Gasteiger partial charge is 0.166 e. The Bertz CT molecular complexity index is 2020. The fraction of sp³-hybridized carbons (Fsp3) is 0.211. The molecular weight excluding hydrogens is 698 g/mol. The second kappa shape index (κ2) is 14.4. The number of hydrogen-bond donors (Lipinski definition) is 0. The Morgan fingerprint density at radius 3 is 1.00 bits per heavy atom. The fourth-order valence-electron chi connectivity index (χ4n) is 6.69. The van der Waals surface area contributed by atoms with Crippen LogP contribution in [0.15, 0.2) is 84.9 Å². The van der Waals surface area contributed by atoms with Crippen LogP contribution >= 0.6 is 0 Å². The summed E-state index contributed by atoms with van der Waals surface area (Å²) in [7, 11) is 0. The molecule has 6 aromatic rings. The minimum Gasteiger partial charge on any atom is -0.166 e. The SMILES string of the molecule is Cc1[cH-]c2cccc(-c3cc(C(F)(F)F)cc(C(F)(F)F)c3)c2c1CCc1c(C)[cH-]c2cccc(-c3cc(C(F)(F)F)cc(C(F)(F)F)c3)c12.[Li+].[Li+]. The molecule has 0 saturated carbocycles. The van der Waals surface area contributed by atoms with E-state index in [0.717, 1.165) is 0 Å². The van der Waals surface area contributed by atoms with Crippen molar-refractivity contribution in [2.45, 2.75) is 51.4 Å². The van der Waals surface area contributed by atoms with E-state index in [1.165, 1.54) is 24.3 Å². The monoisotopic (exact) mass is 722 g/mol. The summed E-state index contributed by atoms with van der Waals surface area (Å²) in [6.07, 6.45) is -19.8. The summed E-state index contributed by atoms with van der Waals surface area (Å²) in [6.45, 7) is 3.49. The molecule has 0 saturated heterocycles. The van der Waals surface area contributed by atoms with E-state index in [2.05, 4.69) is 0 Å². The van der Waals surface area contributed by atoms with E-state index < -0.39 is 47.0 Å². The van der Waals surface area contributed by atoms with Gasteiger partial charge in [0, 0.05) is 0 Å². The summed E-state index contributed by atoms with van der Waals surface area (Å²) in [4.78, 5) is 0. The molecule has 0 aromatic heterocycles. The molecule has 0 heterocycles. The average molecular weight is 722 g/mol. The van der Waals surface area contributed by atoms with Gasteiger partial charge in [0.1, 0.15) is 0 Å². The zero-order chi connectivity index (χ0) is 36.6. The maximum absolute atomic E-state index is 13.7. The molecule has 0 fully saturated rings. The largest absolute Gasteiger partial charge is 1.00 e. The van der Waals surface area contributed by atoms with Gasteiger partial charge in [-0.25, -0.2) is 0 Å². The molecule has 0 N–H and O–H groups in total. The Morgan fingerprint density at radius 1 is 0.442 bits per heavy atom. The van der Waals surface area contributed by atoms with E-state index in [-0.39, 0.29) is 84.9 Å². The Hall–Kier alpha value is -3.55. The molecule has 0 atom stereocenters. The van der Waals surface area contributed by atoms with E-state index >= 15 is 0 Å². The van der Waals surface area contributed by atoms with Crippen LogP contribution in [0.3, 0.4) is 0 Å². The predicted octanol–water partition coefficient (Wildman–Crippen LogP) is 7.25. The first-order chi connectivity index (χ1) is 23.1. The van der Waals surface area contributed by atoms with Crippen LogP contribution < -0.4 is 37.7 Å². The van der Waals surface area contributed by atoms with Gasteiger partial charge in [-0.15, -0.1) is 69.1 Å². The molecule has 0 radical (unpaired) electrons. The van der Waals surface area contributed by atoms with E-state index in [9.17, 15) is 52.7 Å². The molecule has 0 aliphatic heterocycles. The van der Waals surface area contributed by atoms with Crippen LogP contribution in [0.25, 0.3) is 43.8 Å². The molecule has 0 amide bonds. The second-order valence-corrected chi connectivity index (χ2v) is 12.2. The topological polar surface area (TPSA) is 0 Å². The van der Waals surface area contributed by atoms with Crippen LogP contribution in [0, 0.1) is 13.8 Å². The molecule has 0 aliphatic carbocycles. The molecule has 0 unspecified atom stereocenters. The summed E-state index contributed by atoms with van der Waals surface area (Å²) >= 11 is 0. The number of aryl methyl sites for hydroxylation is 4. The molecule has 14 heteroatoms. The zero-order valence-electron chi connectivity index (χ0n) is 28.0. The maximum atomic E-state index is 13.7. The van der Waals surface area contributed by atoms with Gasteiger partial charge in [0.05, 0.1) is 22.3 Å². The van der Waals surface area contributed by atoms with Crippen molar-refractivity contribution in [1.29, 1.82) is 0 Å². The molecule has 0 spiro atoms. The molecule has 0 bridgehead atoms. The van der Waals surface area contributed by atoms with Gasteiger partial charge in [-0.1, -0.05) is 49.9 Å². The number of hydrogen-bond acceptors (Lipinski definition) is 0. The molecule has 0 nitrogen and oxygen atoms in total. The van der Waals surface area contributed by atoms with Crippen LogP contribution in [-0.2, 0) is 37.5 Å². The molecule has 6 rings (SSSR count). The standard InChI is InChI=1S/C38H24F12.2Li/c1-19-11-21-5-3-7-31(23-13-25(35(39,40)41)17-26(14-23)36(42,43)44)33(21)29(19)9-10-30-20(2)12-22-6-4-8-32(34(22)30)24-15-27(37(45,46)47)18-28(16-24)38(48,49)50;;/h3-8,11-18H,9-10H2,1-2H3;;/q-2;2*+1. The van der Waals surface area contributed by atoms with Crippen LogP contribution in [-0.4, -0.2) is 0 Å². The number of benzene rings is 4. The molecule has 52 heavy (non-hydrogen) atoms. The van der Waals surface area contributed by atoms with Crippen molar-refractivity contribution in [3.63, 3.8) is 0 Å². The molecular formula is C38H24F12Li2. The van der Waals surface area contributed by atoms with Gasteiger partial charge < -0.3 is 0 Å². The van der Waals surface area contributed by atoms with Crippen molar-refractivity contribution in [3.05, 3.63) is 129 Å². The van der Waals surface area contributed by atoms with Crippen molar-refractivity contribution in [2.75, 3.05) is 0 Å². The summed E-state index contributed by atoms with van der Waals surface area (Å²) in [5.41, 5.74) is -3.44. The maximum Gasteiger partial charge on any atom is 1.00 e. The first-order valence-corrected chi connectivity index (χ1v) is 15.1. The van der Waals surface area contributed by atoms with E-state index in [0.29, 0.717) is 68.1 Å². The molecule has 0 aliphatic rings. The van der Waals surface area contributed by atoms with Gasteiger partial charge in [0.2, 0.25) is 0 Å². The number of fused-ring (bicyclic) bond motifs is 2. The van der Waals surface area contributed by atoms with Crippen molar-refractivity contribution in [2.24, 2.45) is 0 Å². The van der Waals surface area contributed by atoms with Gasteiger partial charge in [-0.3, -0.25) is 0 Å². The van der Waals surface area contributed by atoms with Crippen molar-refractivity contribution in [1.82, 2.24) is 0 Å². The number of rotatable bonds is 5. The van der Waals surface area contributed by atoms with Gasteiger partial charge >= 0.3 is 62.4 Å². The minimum atomic E-state index is -5.05. The van der Waals surface area contributed by atoms with E-state index in [1.54, 1.807) is 38.1 Å². The zero-order valence-corrected chi connectivity index (χ0v) is 28.0. The Balaban J connectivity index is 0.00000302. The van der Waals surface area contributed by atoms with E-state index in [1.807, 2.05) is 0 Å². The third-order valence-corrected chi connectivity index (χ3v) is 8.92. The van der Waals surface area contributed by atoms with Crippen LogP contribution in [0.2, 0.25) is 0 Å². The van der Waals surface area contributed by atoms with Gasteiger partial charge in [0.15, 0.2) is 0 Å². The summed E-state index contributed by atoms with van der Waals surface area (Å²) in [6, 6.07) is 15.6. The molecule has 6 aromatic carbocycles. The molecule has 262 valence electrons. The minimum absolute atomic E-state index is 0. The summed E-state index contributed by atoms with van der Waals surface area (Å²) in [5, 5.41) is 2.04. The summed E-state index contributed by atoms with van der Waals surface area (Å²) in [5.74, 6) is 0. The van der Waals surface area contributed by atoms with Crippen LogP contribution in [0.4, 0.5) is 52.7 Å². The first kappa shape index (κ1) is 41.2. The van der Waals surface area contributed by atoms with Crippen molar-refractivity contribution >= 4 is 21.5 Å². The Labute approximate surface area is 313 Å². The third-order valence-electron chi connectivity index (χ3n) is 8.92. The first-order valence-electron chi connectivity index (χ1n) is 15.1. The van der Waals surface area contributed by atoms with Gasteiger partial charge in [0.25, 0.3) is 0 Å².